The van der Waals surface area contributed by atoms with Crippen LogP contribution in [0.15, 0.2) is 18.2 Å². The molecule has 12 heavy (non-hydrogen) atoms. The largest absolute Gasteiger partial charge is 0.492 e. The molecule has 0 unspecified atom stereocenters. The first-order valence-corrected chi connectivity index (χ1v) is 4.21. The van der Waals surface area contributed by atoms with Gasteiger partial charge in [-0.05, 0) is 24.6 Å². The van der Waals surface area contributed by atoms with Crippen LogP contribution in [0.1, 0.15) is 5.56 Å². The molecule has 2 nitrogen and oxygen atoms in total. The van der Waals surface area contributed by atoms with E-state index >= 15 is 0 Å². The van der Waals surface area contributed by atoms with Gasteiger partial charge >= 0.3 is 0 Å². The fraction of sp³-hybridized carbons (Fsp3) is 0.333. The minimum Gasteiger partial charge on any atom is -0.492 e. The van der Waals surface area contributed by atoms with E-state index in [0.29, 0.717) is 18.2 Å². The maximum Gasteiger partial charge on any atom is 0.123 e. The molecule has 0 bridgehead atoms. The average molecular weight is 186 g/mol. The highest BCUT2D eigenvalue weighted by molar-refractivity contribution is 6.30. The molecule has 0 aliphatic rings. The fourth-order valence-corrected chi connectivity index (χ4v) is 1.06. The summed E-state index contributed by atoms with van der Waals surface area (Å²) in [6.07, 6.45) is 0. The number of rotatable bonds is 3. The molecular formula is C9H12ClNO. The SMILES string of the molecule is Cc1ccc(Cl)cc1OCCN. The lowest BCUT2D eigenvalue weighted by Gasteiger charge is -2.07. The van der Waals surface area contributed by atoms with Crippen molar-refractivity contribution < 1.29 is 4.74 Å². The molecule has 1 rings (SSSR count). The van der Waals surface area contributed by atoms with Crippen molar-refractivity contribution in [2.24, 2.45) is 5.73 Å². The van der Waals surface area contributed by atoms with Gasteiger partial charge in [0.1, 0.15) is 12.4 Å². The Kier molecular flexibility index (Phi) is 3.38. The van der Waals surface area contributed by atoms with Crippen molar-refractivity contribution in [2.45, 2.75) is 6.92 Å². The summed E-state index contributed by atoms with van der Waals surface area (Å²) in [4.78, 5) is 0. The molecule has 0 spiro atoms. The van der Waals surface area contributed by atoms with Gasteiger partial charge in [-0.1, -0.05) is 17.7 Å². The molecule has 2 N–H and O–H groups in total. The molecule has 3 heteroatoms. The van der Waals surface area contributed by atoms with Crippen molar-refractivity contribution in [3.8, 4) is 5.75 Å². The van der Waals surface area contributed by atoms with E-state index in [1.54, 1.807) is 6.07 Å². The number of nitrogens with two attached hydrogens (primary N) is 1. The number of aryl methyl sites for hydroxylation is 1. The average Bonchev–Trinajstić information content (AvgIpc) is 2.07. The quantitative estimate of drug-likeness (QED) is 0.782. The van der Waals surface area contributed by atoms with Crippen LogP contribution in [-0.4, -0.2) is 13.2 Å². The molecule has 0 radical (unpaired) electrons. The van der Waals surface area contributed by atoms with Gasteiger partial charge in [0.05, 0.1) is 0 Å². The molecule has 66 valence electrons. The lowest BCUT2D eigenvalue weighted by atomic mass is 10.2. The second kappa shape index (κ2) is 4.33. The van der Waals surface area contributed by atoms with Gasteiger partial charge in [-0.2, -0.15) is 0 Å². The fourth-order valence-electron chi connectivity index (χ4n) is 0.898. The van der Waals surface area contributed by atoms with E-state index in [-0.39, 0.29) is 0 Å². The maximum atomic E-state index is 5.78. The van der Waals surface area contributed by atoms with E-state index in [9.17, 15) is 0 Å². The Morgan fingerprint density at radius 2 is 2.25 bits per heavy atom. The lowest BCUT2D eigenvalue weighted by molar-refractivity contribution is 0.326. The minimum absolute atomic E-state index is 0.520. The molecular weight excluding hydrogens is 174 g/mol. The van der Waals surface area contributed by atoms with E-state index in [2.05, 4.69) is 0 Å². The lowest BCUT2D eigenvalue weighted by Crippen LogP contribution is -2.11. The first-order chi connectivity index (χ1) is 5.74. The zero-order valence-corrected chi connectivity index (χ0v) is 7.77. The summed E-state index contributed by atoms with van der Waals surface area (Å²) in [5, 5.41) is 0.688. The number of ether oxygens (including phenoxy) is 1. The summed E-state index contributed by atoms with van der Waals surface area (Å²) in [7, 11) is 0. The molecule has 0 aromatic heterocycles. The van der Waals surface area contributed by atoms with Crippen molar-refractivity contribution in [3.63, 3.8) is 0 Å². The molecule has 0 aliphatic heterocycles. The van der Waals surface area contributed by atoms with E-state index in [1.165, 1.54) is 0 Å². The third-order valence-electron chi connectivity index (χ3n) is 1.53. The van der Waals surface area contributed by atoms with E-state index in [0.717, 1.165) is 11.3 Å². The predicted octanol–water partition coefficient (Wildman–Crippen LogP) is 1.99. The van der Waals surface area contributed by atoms with Crippen LogP contribution < -0.4 is 10.5 Å². The zero-order chi connectivity index (χ0) is 8.97. The second-order valence-corrected chi connectivity index (χ2v) is 2.98. The van der Waals surface area contributed by atoms with Crippen LogP contribution in [0.3, 0.4) is 0 Å². The molecule has 0 saturated heterocycles. The summed E-state index contributed by atoms with van der Waals surface area (Å²) in [6.45, 7) is 3.02. The molecule has 0 aliphatic carbocycles. The molecule has 0 saturated carbocycles. The van der Waals surface area contributed by atoms with E-state index in [1.807, 2.05) is 19.1 Å². The van der Waals surface area contributed by atoms with Crippen LogP contribution in [0.25, 0.3) is 0 Å². The maximum absolute atomic E-state index is 5.78. The summed E-state index contributed by atoms with van der Waals surface area (Å²) >= 11 is 5.78. The highest BCUT2D eigenvalue weighted by Crippen LogP contribution is 2.22. The van der Waals surface area contributed by atoms with Gasteiger partial charge in [0, 0.05) is 11.6 Å². The standard InChI is InChI=1S/C9H12ClNO/c1-7-2-3-8(10)6-9(7)12-5-4-11/h2-3,6H,4-5,11H2,1H3. The summed E-state index contributed by atoms with van der Waals surface area (Å²) in [5.41, 5.74) is 6.38. The van der Waals surface area contributed by atoms with Crippen molar-refractivity contribution >= 4 is 11.6 Å². The highest BCUT2D eigenvalue weighted by atomic mass is 35.5. The van der Waals surface area contributed by atoms with Gasteiger partial charge in [-0.3, -0.25) is 0 Å². The summed E-state index contributed by atoms with van der Waals surface area (Å²) < 4.78 is 5.36. The van der Waals surface area contributed by atoms with Gasteiger partial charge in [0.2, 0.25) is 0 Å². The molecule has 1 aromatic carbocycles. The topological polar surface area (TPSA) is 35.2 Å². The first kappa shape index (κ1) is 9.36. The van der Waals surface area contributed by atoms with Crippen LogP contribution in [-0.2, 0) is 0 Å². The number of halogens is 1. The summed E-state index contributed by atoms with van der Waals surface area (Å²) in [6, 6.07) is 5.56. The predicted molar refractivity (Wildman–Crippen MR) is 50.7 cm³/mol. The normalized spacial score (nSPS) is 9.92. The van der Waals surface area contributed by atoms with Gasteiger partial charge in [-0.15, -0.1) is 0 Å². The van der Waals surface area contributed by atoms with Crippen LogP contribution >= 0.6 is 11.6 Å². The van der Waals surface area contributed by atoms with Crippen LogP contribution in [0, 0.1) is 6.92 Å². The van der Waals surface area contributed by atoms with Crippen LogP contribution in [0.5, 0.6) is 5.75 Å². The van der Waals surface area contributed by atoms with Gasteiger partial charge < -0.3 is 10.5 Å². The van der Waals surface area contributed by atoms with Gasteiger partial charge in [0.15, 0.2) is 0 Å². The van der Waals surface area contributed by atoms with Crippen LogP contribution in [0.4, 0.5) is 0 Å². The Morgan fingerprint density at radius 1 is 1.50 bits per heavy atom. The highest BCUT2D eigenvalue weighted by Gasteiger charge is 1.98. The number of hydrogen-bond donors (Lipinski definition) is 1. The Balaban J connectivity index is 2.75. The molecule has 1 aromatic rings. The Bertz CT molecular complexity index is 263. The molecule has 0 fully saturated rings. The van der Waals surface area contributed by atoms with Gasteiger partial charge in [-0.25, -0.2) is 0 Å². The Labute approximate surface area is 77.3 Å². The third kappa shape index (κ3) is 2.40. The third-order valence-corrected chi connectivity index (χ3v) is 1.76. The summed E-state index contributed by atoms with van der Waals surface area (Å²) in [5.74, 6) is 0.813. The first-order valence-electron chi connectivity index (χ1n) is 3.83. The van der Waals surface area contributed by atoms with Crippen LogP contribution in [0.2, 0.25) is 5.02 Å². The second-order valence-electron chi connectivity index (χ2n) is 2.55. The Hall–Kier alpha value is -0.730. The molecule has 0 amide bonds. The smallest absolute Gasteiger partial charge is 0.123 e. The number of hydrogen-bond acceptors (Lipinski definition) is 2. The zero-order valence-electron chi connectivity index (χ0n) is 7.01. The van der Waals surface area contributed by atoms with Crippen molar-refractivity contribution in [1.29, 1.82) is 0 Å². The monoisotopic (exact) mass is 185 g/mol. The number of benzene rings is 1. The van der Waals surface area contributed by atoms with Crippen molar-refractivity contribution in [2.75, 3.05) is 13.2 Å². The van der Waals surface area contributed by atoms with Crippen molar-refractivity contribution in [1.82, 2.24) is 0 Å². The minimum atomic E-state index is 0.520. The van der Waals surface area contributed by atoms with Gasteiger partial charge in [0.25, 0.3) is 0 Å². The Morgan fingerprint density at radius 3 is 2.92 bits per heavy atom. The van der Waals surface area contributed by atoms with Crippen molar-refractivity contribution in [3.05, 3.63) is 28.8 Å². The van der Waals surface area contributed by atoms with E-state index in [4.69, 9.17) is 22.1 Å². The molecule has 0 heterocycles. The molecule has 0 atom stereocenters. The van der Waals surface area contributed by atoms with E-state index < -0.39 is 0 Å².